The topological polar surface area (TPSA) is 50.8 Å². The molecule has 3 rings (SSSR count). The number of nitrogens with zero attached hydrogens (tertiary/aromatic N) is 1. The average molecular weight is 368 g/mol. The number of carbonyl (C=O) groups excluding carboxylic acids is 1. The van der Waals surface area contributed by atoms with Crippen LogP contribution >= 0.6 is 0 Å². The van der Waals surface area contributed by atoms with Crippen molar-refractivity contribution >= 4 is 6.03 Å². The molecule has 1 aliphatic rings. The van der Waals surface area contributed by atoms with Crippen molar-refractivity contribution in [3.05, 3.63) is 59.2 Å². The molecule has 0 aromatic heterocycles. The lowest BCUT2D eigenvalue weighted by molar-refractivity contribution is 0.203. The third kappa shape index (κ3) is 4.54. The zero-order chi connectivity index (χ0) is 19.2. The van der Waals surface area contributed by atoms with E-state index in [2.05, 4.69) is 23.5 Å². The third-order valence-electron chi connectivity index (χ3n) is 5.20. The summed E-state index contributed by atoms with van der Waals surface area (Å²) in [6.07, 6.45) is 3.95. The van der Waals surface area contributed by atoms with Gasteiger partial charge in [0, 0.05) is 13.6 Å². The number of hydrogen-bond donors (Lipinski definition) is 1. The summed E-state index contributed by atoms with van der Waals surface area (Å²) in [6.45, 7) is 0.635. The molecule has 1 N–H and O–H groups in total. The molecule has 0 aliphatic heterocycles. The van der Waals surface area contributed by atoms with Crippen LogP contribution in [0.5, 0.6) is 11.5 Å². The first-order valence-electron chi connectivity index (χ1n) is 9.42. The predicted octanol–water partition coefficient (Wildman–Crippen LogP) is 3.97. The minimum Gasteiger partial charge on any atom is -0.493 e. The second kappa shape index (κ2) is 8.80. The number of carbonyl (C=O) groups is 1. The van der Waals surface area contributed by atoms with Gasteiger partial charge in [-0.2, -0.15) is 0 Å². The fraction of sp³-hybridized carbons (Fsp3) is 0.409. The van der Waals surface area contributed by atoms with Crippen molar-refractivity contribution in [2.75, 3.05) is 27.8 Å². The Hall–Kier alpha value is -2.69. The largest absolute Gasteiger partial charge is 0.493 e. The molecule has 1 unspecified atom stereocenters. The molecule has 144 valence electrons. The maximum absolute atomic E-state index is 12.6. The van der Waals surface area contributed by atoms with Crippen LogP contribution in [0.4, 0.5) is 4.79 Å². The fourth-order valence-electron chi connectivity index (χ4n) is 3.60. The SMILES string of the molecule is COc1ccc(CCN(C)C(=O)NC2CCCc3ccccc32)cc1OC. The molecule has 0 bridgehead atoms. The van der Waals surface area contributed by atoms with Crippen molar-refractivity contribution in [2.45, 2.75) is 31.7 Å². The number of rotatable bonds is 6. The van der Waals surface area contributed by atoms with E-state index in [-0.39, 0.29) is 12.1 Å². The highest BCUT2D eigenvalue weighted by atomic mass is 16.5. The minimum atomic E-state index is -0.0304. The second-order valence-electron chi connectivity index (χ2n) is 6.95. The Kier molecular flexibility index (Phi) is 6.22. The molecule has 1 aliphatic carbocycles. The second-order valence-corrected chi connectivity index (χ2v) is 6.95. The van der Waals surface area contributed by atoms with Crippen molar-refractivity contribution in [2.24, 2.45) is 0 Å². The Morgan fingerprint density at radius 2 is 1.93 bits per heavy atom. The molecule has 27 heavy (non-hydrogen) atoms. The molecule has 5 nitrogen and oxygen atoms in total. The highest BCUT2D eigenvalue weighted by molar-refractivity contribution is 5.74. The summed E-state index contributed by atoms with van der Waals surface area (Å²) in [5.74, 6) is 1.42. The molecule has 2 aromatic carbocycles. The highest BCUT2D eigenvalue weighted by Crippen LogP contribution is 2.30. The first-order valence-corrected chi connectivity index (χ1v) is 9.42. The number of methoxy groups -OCH3 is 2. The van der Waals surface area contributed by atoms with E-state index in [4.69, 9.17) is 9.47 Å². The molecule has 0 fully saturated rings. The quantitative estimate of drug-likeness (QED) is 0.839. The highest BCUT2D eigenvalue weighted by Gasteiger charge is 2.22. The van der Waals surface area contributed by atoms with Crippen molar-refractivity contribution < 1.29 is 14.3 Å². The van der Waals surface area contributed by atoms with E-state index < -0.39 is 0 Å². The summed E-state index contributed by atoms with van der Waals surface area (Å²) < 4.78 is 10.6. The van der Waals surface area contributed by atoms with Gasteiger partial charge in [0.15, 0.2) is 11.5 Å². The number of amides is 2. The van der Waals surface area contributed by atoms with Gasteiger partial charge in [0.25, 0.3) is 0 Å². The third-order valence-corrected chi connectivity index (χ3v) is 5.20. The lowest BCUT2D eigenvalue weighted by Crippen LogP contribution is -2.41. The Bertz CT molecular complexity index is 791. The van der Waals surface area contributed by atoms with Crippen LogP contribution < -0.4 is 14.8 Å². The van der Waals surface area contributed by atoms with Crippen LogP contribution in [0.2, 0.25) is 0 Å². The van der Waals surface area contributed by atoms with Gasteiger partial charge in [-0.15, -0.1) is 0 Å². The maximum Gasteiger partial charge on any atom is 0.317 e. The molecule has 0 heterocycles. The Morgan fingerprint density at radius 3 is 2.70 bits per heavy atom. The van der Waals surface area contributed by atoms with Crippen LogP contribution in [0.3, 0.4) is 0 Å². The van der Waals surface area contributed by atoms with Gasteiger partial charge in [-0.25, -0.2) is 4.79 Å². The Morgan fingerprint density at radius 1 is 1.15 bits per heavy atom. The van der Waals surface area contributed by atoms with Crippen molar-refractivity contribution in [3.63, 3.8) is 0 Å². The molecule has 5 heteroatoms. The zero-order valence-electron chi connectivity index (χ0n) is 16.3. The molecular formula is C22H28N2O3. The van der Waals surface area contributed by atoms with E-state index in [1.165, 1.54) is 11.1 Å². The molecule has 0 saturated carbocycles. The molecule has 0 radical (unpaired) electrons. The molecule has 0 spiro atoms. The van der Waals surface area contributed by atoms with Gasteiger partial charge in [-0.3, -0.25) is 0 Å². The first kappa shape index (κ1) is 19.1. The summed E-state index contributed by atoms with van der Waals surface area (Å²) in [5, 5.41) is 3.19. The first-order chi connectivity index (χ1) is 13.1. The predicted molar refractivity (Wildman–Crippen MR) is 107 cm³/mol. The van der Waals surface area contributed by atoms with Crippen molar-refractivity contribution in [1.82, 2.24) is 10.2 Å². The lowest BCUT2D eigenvalue weighted by atomic mass is 9.88. The van der Waals surface area contributed by atoms with Crippen molar-refractivity contribution in [1.29, 1.82) is 0 Å². The fourth-order valence-corrected chi connectivity index (χ4v) is 3.60. The number of aryl methyl sites for hydroxylation is 1. The van der Waals surface area contributed by atoms with Crippen LogP contribution in [0.1, 0.15) is 35.6 Å². The number of fused-ring (bicyclic) bond motifs is 1. The smallest absolute Gasteiger partial charge is 0.317 e. The number of ether oxygens (including phenoxy) is 2. The summed E-state index contributed by atoms with van der Waals surface area (Å²) in [5.41, 5.74) is 3.71. The summed E-state index contributed by atoms with van der Waals surface area (Å²) in [6, 6.07) is 14.3. The summed E-state index contributed by atoms with van der Waals surface area (Å²) >= 11 is 0. The number of likely N-dealkylation sites (N-methyl/N-ethyl adjacent to an activating group) is 1. The Labute approximate surface area is 161 Å². The van der Waals surface area contributed by atoms with E-state index in [0.717, 1.165) is 31.2 Å². The van der Waals surface area contributed by atoms with Gasteiger partial charge >= 0.3 is 6.03 Å². The normalized spacial score (nSPS) is 15.6. The molecule has 1 atom stereocenters. The van der Waals surface area contributed by atoms with Crippen molar-refractivity contribution in [3.8, 4) is 11.5 Å². The van der Waals surface area contributed by atoms with Crippen LogP contribution in [0, 0.1) is 0 Å². The number of nitrogens with one attached hydrogen (secondary N) is 1. The molecule has 2 aromatic rings. The Balaban J connectivity index is 1.57. The number of urea groups is 1. The van der Waals surface area contributed by atoms with Gasteiger partial charge < -0.3 is 19.7 Å². The van der Waals surface area contributed by atoms with E-state index in [1.807, 2.05) is 31.3 Å². The lowest BCUT2D eigenvalue weighted by Gasteiger charge is -2.28. The van der Waals surface area contributed by atoms with Gasteiger partial charge in [0.1, 0.15) is 0 Å². The number of hydrogen-bond acceptors (Lipinski definition) is 3. The van der Waals surface area contributed by atoms with Gasteiger partial charge in [0.05, 0.1) is 20.3 Å². The maximum atomic E-state index is 12.6. The van der Waals surface area contributed by atoms with Crippen LogP contribution in [-0.4, -0.2) is 38.7 Å². The summed E-state index contributed by atoms with van der Waals surface area (Å²) in [4.78, 5) is 14.4. The number of benzene rings is 2. The monoisotopic (exact) mass is 368 g/mol. The zero-order valence-corrected chi connectivity index (χ0v) is 16.3. The van der Waals surface area contributed by atoms with Gasteiger partial charge in [0.2, 0.25) is 0 Å². The van der Waals surface area contributed by atoms with E-state index >= 15 is 0 Å². The van der Waals surface area contributed by atoms with E-state index in [9.17, 15) is 4.79 Å². The average Bonchev–Trinajstić information content (AvgIpc) is 2.71. The van der Waals surface area contributed by atoms with Gasteiger partial charge in [-0.05, 0) is 54.5 Å². The molecular weight excluding hydrogens is 340 g/mol. The minimum absolute atomic E-state index is 0.0304. The van der Waals surface area contributed by atoms with E-state index in [0.29, 0.717) is 18.0 Å². The molecule has 0 saturated heterocycles. The van der Waals surface area contributed by atoms with E-state index in [1.54, 1.807) is 19.1 Å². The standard InChI is InChI=1S/C22H28N2O3/c1-24(14-13-16-11-12-20(26-2)21(15-16)27-3)22(25)23-19-10-6-8-17-7-4-5-9-18(17)19/h4-5,7,9,11-12,15,19H,6,8,10,13-14H2,1-3H3,(H,23,25). The van der Waals surface area contributed by atoms with Crippen LogP contribution in [-0.2, 0) is 12.8 Å². The van der Waals surface area contributed by atoms with Gasteiger partial charge in [-0.1, -0.05) is 30.3 Å². The molecule has 2 amide bonds. The van der Waals surface area contributed by atoms with Crippen LogP contribution in [0.15, 0.2) is 42.5 Å². The van der Waals surface area contributed by atoms with Crippen LogP contribution in [0.25, 0.3) is 0 Å². The summed E-state index contributed by atoms with van der Waals surface area (Å²) in [7, 11) is 5.09.